The Morgan fingerprint density at radius 1 is 1.21 bits per heavy atom. The van der Waals surface area contributed by atoms with E-state index in [-0.39, 0.29) is 10.7 Å². The predicted molar refractivity (Wildman–Crippen MR) is 73.4 cm³/mol. The summed E-state index contributed by atoms with van der Waals surface area (Å²) in [6, 6.07) is 12.0. The standard InChI is InChI=1S/C14H12ClFN2O/c15-10-6-7-12(11(16)8-10)18-14(19)13(17)9-4-2-1-3-5-9/h1-8,13H,17H2,(H,18,19). The fraction of sp³-hybridized carbons (Fsp3) is 0.0714. The quantitative estimate of drug-likeness (QED) is 0.906. The van der Waals surface area contributed by atoms with Crippen LogP contribution in [-0.4, -0.2) is 5.91 Å². The van der Waals surface area contributed by atoms with Gasteiger partial charge in [-0.15, -0.1) is 0 Å². The fourth-order valence-corrected chi connectivity index (χ4v) is 1.77. The van der Waals surface area contributed by atoms with Crippen LogP contribution in [0.4, 0.5) is 10.1 Å². The van der Waals surface area contributed by atoms with Crippen molar-refractivity contribution in [2.45, 2.75) is 6.04 Å². The third kappa shape index (κ3) is 3.30. The zero-order chi connectivity index (χ0) is 13.8. The van der Waals surface area contributed by atoms with Crippen LogP contribution in [0.25, 0.3) is 0 Å². The van der Waals surface area contributed by atoms with Gasteiger partial charge in [0.05, 0.1) is 5.69 Å². The lowest BCUT2D eigenvalue weighted by atomic mass is 10.1. The van der Waals surface area contributed by atoms with E-state index < -0.39 is 17.8 Å². The zero-order valence-electron chi connectivity index (χ0n) is 9.94. The third-order valence-corrected chi connectivity index (χ3v) is 2.87. The first-order chi connectivity index (χ1) is 9.08. The average molecular weight is 279 g/mol. The molecule has 0 aromatic heterocycles. The average Bonchev–Trinajstić information content (AvgIpc) is 2.42. The number of anilines is 1. The summed E-state index contributed by atoms with van der Waals surface area (Å²) >= 11 is 5.63. The molecule has 98 valence electrons. The van der Waals surface area contributed by atoms with Crippen molar-refractivity contribution in [3.05, 3.63) is 64.9 Å². The first kappa shape index (κ1) is 13.5. The summed E-state index contributed by atoms with van der Waals surface area (Å²) in [5.74, 6) is -1.08. The SMILES string of the molecule is NC(C(=O)Nc1ccc(Cl)cc1F)c1ccccc1. The largest absolute Gasteiger partial charge is 0.322 e. The highest BCUT2D eigenvalue weighted by Crippen LogP contribution is 2.20. The lowest BCUT2D eigenvalue weighted by molar-refractivity contribution is -0.117. The number of carbonyl (C=O) groups excluding carboxylic acids is 1. The second-order valence-corrected chi connectivity index (χ2v) is 4.44. The van der Waals surface area contributed by atoms with Gasteiger partial charge in [-0.25, -0.2) is 4.39 Å². The smallest absolute Gasteiger partial charge is 0.245 e. The Balaban J connectivity index is 2.13. The van der Waals surface area contributed by atoms with E-state index in [0.29, 0.717) is 5.56 Å². The molecule has 0 aliphatic rings. The van der Waals surface area contributed by atoms with Gasteiger partial charge in [0.2, 0.25) is 5.91 Å². The normalized spacial score (nSPS) is 11.9. The van der Waals surface area contributed by atoms with Gasteiger partial charge < -0.3 is 11.1 Å². The Kier molecular flexibility index (Phi) is 4.14. The van der Waals surface area contributed by atoms with Crippen LogP contribution in [0.2, 0.25) is 5.02 Å². The fourth-order valence-electron chi connectivity index (χ4n) is 1.61. The summed E-state index contributed by atoms with van der Waals surface area (Å²) in [5, 5.41) is 2.70. The number of halogens is 2. The lowest BCUT2D eigenvalue weighted by Gasteiger charge is -2.13. The Labute approximate surface area is 115 Å². The molecule has 0 saturated carbocycles. The minimum absolute atomic E-state index is 0.0563. The van der Waals surface area contributed by atoms with Crippen molar-refractivity contribution >= 4 is 23.2 Å². The maximum atomic E-state index is 13.5. The van der Waals surface area contributed by atoms with E-state index in [1.54, 1.807) is 24.3 Å². The van der Waals surface area contributed by atoms with Crippen LogP contribution in [0.5, 0.6) is 0 Å². The number of benzene rings is 2. The molecule has 3 N–H and O–H groups in total. The highest BCUT2D eigenvalue weighted by atomic mass is 35.5. The van der Waals surface area contributed by atoms with Gasteiger partial charge in [0, 0.05) is 5.02 Å². The van der Waals surface area contributed by atoms with Crippen molar-refractivity contribution in [3.8, 4) is 0 Å². The van der Waals surface area contributed by atoms with Crippen LogP contribution in [0.3, 0.4) is 0 Å². The highest BCUT2D eigenvalue weighted by Gasteiger charge is 2.16. The van der Waals surface area contributed by atoms with Crippen LogP contribution in [0.1, 0.15) is 11.6 Å². The van der Waals surface area contributed by atoms with E-state index in [1.807, 2.05) is 6.07 Å². The summed E-state index contributed by atoms with van der Waals surface area (Å²) in [6.45, 7) is 0. The number of hydrogen-bond acceptors (Lipinski definition) is 2. The van der Waals surface area contributed by atoms with Crippen molar-refractivity contribution in [1.29, 1.82) is 0 Å². The summed E-state index contributed by atoms with van der Waals surface area (Å²) in [6.07, 6.45) is 0. The molecule has 5 heteroatoms. The van der Waals surface area contributed by atoms with Crippen LogP contribution < -0.4 is 11.1 Å². The van der Waals surface area contributed by atoms with E-state index in [4.69, 9.17) is 17.3 Å². The Morgan fingerprint density at radius 3 is 2.53 bits per heavy atom. The summed E-state index contributed by atoms with van der Waals surface area (Å²) < 4.78 is 13.5. The predicted octanol–water partition coefficient (Wildman–Crippen LogP) is 3.12. The molecule has 0 aliphatic heterocycles. The van der Waals surface area contributed by atoms with Crippen molar-refractivity contribution in [3.63, 3.8) is 0 Å². The van der Waals surface area contributed by atoms with Crippen LogP contribution >= 0.6 is 11.6 Å². The number of rotatable bonds is 3. The molecule has 0 radical (unpaired) electrons. The summed E-state index contributed by atoms with van der Waals surface area (Å²) in [5.41, 5.74) is 6.52. The molecule has 1 atom stereocenters. The topological polar surface area (TPSA) is 55.1 Å². The van der Waals surface area contributed by atoms with Gasteiger partial charge in [0.1, 0.15) is 11.9 Å². The number of nitrogens with one attached hydrogen (secondary N) is 1. The molecule has 0 aliphatic carbocycles. The summed E-state index contributed by atoms with van der Waals surface area (Å²) in [4.78, 5) is 11.9. The van der Waals surface area contributed by atoms with Crippen molar-refractivity contribution in [2.24, 2.45) is 5.73 Å². The van der Waals surface area contributed by atoms with E-state index in [9.17, 15) is 9.18 Å². The van der Waals surface area contributed by atoms with Crippen molar-refractivity contribution < 1.29 is 9.18 Å². The van der Waals surface area contributed by atoms with Gasteiger partial charge in [0.25, 0.3) is 0 Å². The molecular formula is C14H12ClFN2O. The molecule has 0 bridgehead atoms. The Hall–Kier alpha value is -1.91. The zero-order valence-corrected chi connectivity index (χ0v) is 10.7. The van der Waals surface area contributed by atoms with Gasteiger partial charge >= 0.3 is 0 Å². The van der Waals surface area contributed by atoms with Gasteiger partial charge in [-0.3, -0.25) is 4.79 Å². The molecule has 3 nitrogen and oxygen atoms in total. The molecule has 0 saturated heterocycles. The second kappa shape index (κ2) is 5.82. The molecule has 0 spiro atoms. The minimum atomic E-state index is -0.851. The number of nitrogens with two attached hydrogens (primary N) is 1. The molecule has 1 amide bonds. The van der Waals surface area contributed by atoms with E-state index in [1.165, 1.54) is 12.1 Å². The van der Waals surface area contributed by atoms with Crippen LogP contribution in [-0.2, 0) is 4.79 Å². The maximum Gasteiger partial charge on any atom is 0.245 e. The molecule has 0 heterocycles. The maximum absolute atomic E-state index is 13.5. The monoisotopic (exact) mass is 278 g/mol. The Morgan fingerprint density at radius 2 is 1.89 bits per heavy atom. The van der Waals surface area contributed by atoms with Gasteiger partial charge in [-0.1, -0.05) is 41.9 Å². The van der Waals surface area contributed by atoms with E-state index >= 15 is 0 Å². The molecule has 19 heavy (non-hydrogen) atoms. The van der Waals surface area contributed by atoms with Gasteiger partial charge in [0.15, 0.2) is 0 Å². The molecule has 2 rings (SSSR count). The minimum Gasteiger partial charge on any atom is -0.322 e. The lowest BCUT2D eigenvalue weighted by Crippen LogP contribution is -2.28. The van der Waals surface area contributed by atoms with E-state index in [2.05, 4.69) is 5.32 Å². The molecule has 0 fully saturated rings. The Bertz CT molecular complexity index is 589. The first-order valence-electron chi connectivity index (χ1n) is 5.64. The van der Waals surface area contributed by atoms with Gasteiger partial charge in [-0.2, -0.15) is 0 Å². The third-order valence-electron chi connectivity index (χ3n) is 2.63. The first-order valence-corrected chi connectivity index (χ1v) is 6.02. The van der Waals surface area contributed by atoms with Gasteiger partial charge in [-0.05, 0) is 23.8 Å². The van der Waals surface area contributed by atoms with Crippen LogP contribution in [0.15, 0.2) is 48.5 Å². The second-order valence-electron chi connectivity index (χ2n) is 4.00. The number of hydrogen-bond donors (Lipinski definition) is 2. The van der Waals surface area contributed by atoms with Crippen LogP contribution in [0, 0.1) is 5.82 Å². The van der Waals surface area contributed by atoms with Crippen molar-refractivity contribution in [1.82, 2.24) is 0 Å². The molecule has 2 aromatic rings. The molecule has 2 aromatic carbocycles. The molecule has 1 unspecified atom stereocenters. The van der Waals surface area contributed by atoms with Crippen molar-refractivity contribution in [2.75, 3.05) is 5.32 Å². The number of carbonyl (C=O) groups is 1. The van der Waals surface area contributed by atoms with E-state index in [0.717, 1.165) is 6.07 Å². The molecular weight excluding hydrogens is 267 g/mol. The summed E-state index contributed by atoms with van der Waals surface area (Å²) in [7, 11) is 0. The highest BCUT2D eigenvalue weighted by molar-refractivity contribution is 6.30. The number of amides is 1.